The predicted octanol–water partition coefficient (Wildman–Crippen LogP) is 2.70. The maximum absolute atomic E-state index is 10.0. The van der Waals surface area contributed by atoms with Gasteiger partial charge in [0.15, 0.2) is 0 Å². The lowest BCUT2D eigenvalue weighted by Crippen LogP contribution is -2.36. The van der Waals surface area contributed by atoms with E-state index in [1.165, 1.54) is 0 Å². The molecule has 1 aromatic carbocycles. The van der Waals surface area contributed by atoms with Gasteiger partial charge >= 0.3 is 0 Å². The van der Waals surface area contributed by atoms with Gasteiger partial charge in [0.1, 0.15) is 18.5 Å². The first kappa shape index (κ1) is 16.8. The number of nitrogens with zero attached hydrogens (tertiary/aromatic N) is 1. The largest absolute Gasteiger partial charge is 0.489 e. The van der Waals surface area contributed by atoms with E-state index in [-0.39, 0.29) is 6.61 Å². The second-order valence-electron chi connectivity index (χ2n) is 5.49. The molecular formula is C15H21Cl2NO3. The summed E-state index contributed by atoms with van der Waals surface area (Å²) in [5.74, 6) is 1.06. The van der Waals surface area contributed by atoms with Crippen molar-refractivity contribution >= 4 is 23.2 Å². The molecule has 2 unspecified atom stereocenters. The SMILES string of the molecule is CN(CC(O)COc1cc(Cl)ccc1Cl)CC1CCOC1. The van der Waals surface area contributed by atoms with Crippen molar-refractivity contribution in [3.05, 3.63) is 28.2 Å². The van der Waals surface area contributed by atoms with Gasteiger partial charge < -0.3 is 19.5 Å². The van der Waals surface area contributed by atoms with Gasteiger partial charge in [-0.25, -0.2) is 0 Å². The second kappa shape index (κ2) is 8.20. The van der Waals surface area contributed by atoms with Crippen LogP contribution in [0.25, 0.3) is 0 Å². The highest BCUT2D eigenvalue weighted by Crippen LogP contribution is 2.27. The minimum Gasteiger partial charge on any atom is -0.489 e. The molecule has 0 aromatic heterocycles. The Kier molecular flexibility index (Phi) is 6.58. The number of ether oxygens (including phenoxy) is 2. The molecule has 2 rings (SSSR count). The molecule has 2 atom stereocenters. The highest BCUT2D eigenvalue weighted by molar-refractivity contribution is 6.34. The van der Waals surface area contributed by atoms with Gasteiger partial charge in [0, 0.05) is 30.8 Å². The Morgan fingerprint density at radius 1 is 1.48 bits per heavy atom. The van der Waals surface area contributed by atoms with Crippen LogP contribution in [0.1, 0.15) is 6.42 Å². The van der Waals surface area contributed by atoms with Crippen LogP contribution in [0.4, 0.5) is 0 Å². The standard InChI is InChI=1S/C15H21Cl2NO3/c1-18(7-11-4-5-20-9-11)8-13(19)10-21-15-6-12(16)2-3-14(15)17/h2-3,6,11,13,19H,4-5,7-10H2,1H3. The van der Waals surface area contributed by atoms with Gasteiger partial charge in [0.05, 0.1) is 11.6 Å². The summed E-state index contributed by atoms with van der Waals surface area (Å²) < 4.78 is 10.9. The van der Waals surface area contributed by atoms with Gasteiger partial charge in [0.25, 0.3) is 0 Å². The van der Waals surface area contributed by atoms with Crippen LogP contribution in [0.2, 0.25) is 10.0 Å². The fourth-order valence-corrected chi connectivity index (χ4v) is 2.76. The highest BCUT2D eigenvalue weighted by Gasteiger charge is 2.19. The summed E-state index contributed by atoms with van der Waals surface area (Å²) in [6, 6.07) is 5.03. The summed E-state index contributed by atoms with van der Waals surface area (Å²) in [7, 11) is 1.99. The number of aliphatic hydroxyl groups is 1. The molecule has 1 N–H and O–H groups in total. The summed E-state index contributed by atoms with van der Waals surface area (Å²) in [5, 5.41) is 11.1. The molecule has 1 heterocycles. The van der Waals surface area contributed by atoms with E-state index in [1.54, 1.807) is 18.2 Å². The van der Waals surface area contributed by atoms with Crippen LogP contribution in [-0.4, -0.2) is 56.1 Å². The topological polar surface area (TPSA) is 41.9 Å². The van der Waals surface area contributed by atoms with E-state index in [4.69, 9.17) is 32.7 Å². The van der Waals surface area contributed by atoms with Crippen LogP contribution in [0.15, 0.2) is 18.2 Å². The first-order valence-corrected chi connectivity index (χ1v) is 7.82. The normalized spacial score (nSPS) is 20.0. The average Bonchev–Trinajstić information content (AvgIpc) is 2.92. The first-order chi connectivity index (χ1) is 10.0. The third kappa shape index (κ3) is 5.64. The van der Waals surface area contributed by atoms with Crippen molar-refractivity contribution in [2.75, 3.05) is 40.0 Å². The average molecular weight is 334 g/mol. The molecule has 0 bridgehead atoms. The second-order valence-corrected chi connectivity index (χ2v) is 6.33. The number of rotatable bonds is 7. The van der Waals surface area contributed by atoms with E-state index >= 15 is 0 Å². The lowest BCUT2D eigenvalue weighted by Gasteiger charge is -2.23. The van der Waals surface area contributed by atoms with Crippen molar-refractivity contribution in [3.63, 3.8) is 0 Å². The Morgan fingerprint density at radius 2 is 2.29 bits per heavy atom. The monoisotopic (exact) mass is 333 g/mol. The zero-order chi connectivity index (χ0) is 15.2. The molecule has 0 radical (unpaired) electrons. The fraction of sp³-hybridized carbons (Fsp3) is 0.600. The Bertz CT molecular complexity index is 453. The van der Waals surface area contributed by atoms with Crippen molar-refractivity contribution < 1.29 is 14.6 Å². The van der Waals surface area contributed by atoms with Gasteiger partial charge in [0.2, 0.25) is 0 Å². The fourth-order valence-electron chi connectivity index (χ4n) is 2.43. The van der Waals surface area contributed by atoms with E-state index in [2.05, 4.69) is 4.90 Å². The van der Waals surface area contributed by atoms with Gasteiger partial charge in [-0.15, -0.1) is 0 Å². The predicted molar refractivity (Wildman–Crippen MR) is 84.4 cm³/mol. The van der Waals surface area contributed by atoms with E-state index in [9.17, 15) is 5.11 Å². The number of aliphatic hydroxyl groups excluding tert-OH is 1. The molecule has 1 aliphatic heterocycles. The molecule has 0 spiro atoms. The Balaban J connectivity index is 1.73. The van der Waals surface area contributed by atoms with E-state index in [0.29, 0.717) is 28.3 Å². The lowest BCUT2D eigenvalue weighted by molar-refractivity contribution is 0.0705. The van der Waals surface area contributed by atoms with Crippen LogP contribution in [0.3, 0.4) is 0 Å². The summed E-state index contributed by atoms with van der Waals surface area (Å²) in [5.41, 5.74) is 0. The van der Waals surface area contributed by atoms with Gasteiger partial charge in [-0.1, -0.05) is 23.2 Å². The van der Waals surface area contributed by atoms with Crippen molar-refractivity contribution in [3.8, 4) is 5.75 Å². The Hall–Kier alpha value is -0.520. The van der Waals surface area contributed by atoms with E-state index in [0.717, 1.165) is 26.2 Å². The van der Waals surface area contributed by atoms with Gasteiger partial charge in [-0.3, -0.25) is 0 Å². The number of benzene rings is 1. The molecule has 1 saturated heterocycles. The molecule has 0 amide bonds. The molecule has 4 nitrogen and oxygen atoms in total. The summed E-state index contributed by atoms with van der Waals surface area (Å²) in [6.45, 7) is 3.32. The molecular weight excluding hydrogens is 313 g/mol. The highest BCUT2D eigenvalue weighted by atomic mass is 35.5. The van der Waals surface area contributed by atoms with Crippen LogP contribution in [-0.2, 0) is 4.74 Å². The number of likely N-dealkylation sites (N-methyl/N-ethyl adjacent to an activating group) is 1. The molecule has 21 heavy (non-hydrogen) atoms. The van der Waals surface area contributed by atoms with E-state index in [1.807, 2.05) is 7.05 Å². The Morgan fingerprint density at radius 3 is 3.00 bits per heavy atom. The number of halogens is 2. The molecule has 1 aromatic rings. The van der Waals surface area contributed by atoms with Crippen molar-refractivity contribution in [1.29, 1.82) is 0 Å². The maximum Gasteiger partial charge on any atom is 0.139 e. The molecule has 1 aliphatic rings. The van der Waals surface area contributed by atoms with Crippen LogP contribution >= 0.6 is 23.2 Å². The minimum absolute atomic E-state index is 0.186. The van der Waals surface area contributed by atoms with Crippen LogP contribution < -0.4 is 4.74 Å². The molecule has 0 aliphatic carbocycles. The third-order valence-electron chi connectivity index (χ3n) is 3.44. The zero-order valence-corrected chi connectivity index (χ0v) is 13.6. The van der Waals surface area contributed by atoms with Crippen LogP contribution in [0.5, 0.6) is 5.75 Å². The maximum atomic E-state index is 10.0. The first-order valence-electron chi connectivity index (χ1n) is 7.07. The summed E-state index contributed by atoms with van der Waals surface area (Å²) >= 11 is 11.9. The molecule has 118 valence electrons. The van der Waals surface area contributed by atoms with Gasteiger partial charge in [-0.2, -0.15) is 0 Å². The number of hydrogen-bond donors (Lipinski definition) is 1. The quantitative estimate of drug-likeness (QED) is 0.833. The zero-order valence-electron chi connectivity index (χ0n) is 12.1. The van der Waals surface area contributed by atoms with Crippen molar-refractivity contribution in [2.24, 2.45) is 5.92 Å². The number of hydrogen-bond acceptors (Lipinski definition) is 4. The molecule has 0 saturated carbocycles. The van der Waals surface area contributed by atoms with Crippen molar-refractivity contribution in [1.82, 2.24) is 4.90 Å². The van der Waals surface area contributed by atoms with E-state index < -0.39 is 6.10 Å². The molecule has 1 fully saturated rings. The van der Waals surface area contributed by atoms with Gasteiger partial charge in [-0.05, 0) is 31.5 Å². The van der Waals surface area contributed by atoms with Crippen LogP contribution in [0, 0.1) is 5.92 Å². The third-order valence-corrected chi connectivity index (χ3v) is 3.99. The smallest absolute Gasteiger partial charge is 0.139 e. The molecule has 6 heteroatoms. The summed E-state index contributed by atoms with van der Waals surface area (Å²) in [4.78, 5) is 2.10. The summed E-state index contributed by atoms with van der Waals surface area (Å²) in [6.07, 6.45) is 0.516. The minimum atomic E-state index is -0.577. The lowest BCUT2D eigenvalue weighted by atomic mass is 10.1. The van der Waals surface area contributed by atoms with Crippen molar-refractivity contribution in [2.45, 2.75) is 12.5 Å². The Labute approximate surface area is 135 Å².